The predicted molar refractivity (Wildman–Crippen MR) is 84.7 cm³/mol. The molecule has 1 N–H and O–H groups in total. The van der Waals surface area contributed by atoms with Gasteiger partial charge < -0.3 is 9.88 Å². The van der Waals surface area contributed by atoms with E-state index in [1.807, 2.05) is 48.7 Å². The Bertz CT molecular complexity index is 802. The van der Waals surface area contributed by atoms with Crippen LogP contribution >= 0.6 is 0 Å². The highest BCUT2D eigenvalue weighted by atomic mass is 16.2. The molecule has 3 aromatic rings. The van der Waals surface area contributed by atoms with Crippen LogP contribution in [-0.2, 0) is 13.1 Å². The van der Waals surface area contributed by atoms with Gasteiger partial charge in [-0.25, -0.2) is 4.98 Å². The van der Waals surface area contributed by atoms with Crippen molar-refractivity contribution in [2.75, 3.05) is 6.54 Å². The van der Waals surface area contributed by atoms with Crippen molar-refractivity contribution in [2.24, 2.45) is 0 Å². The first-order chi connectivity index (χ1) is 10.7. The van der Waals surface area contributed by atoms with Crippen molar-refractivity contribution in [3.63, 3.8) is 0 Å². The number of aromatic nitrogens is 4. The molecule has 0 aliphatic heterocycles. The summed E-state index contributed by atoms with van der Waals surface area (Å²) in [7, 11) is 0. The highest BCUT2D eigenvalue weighted by Crippen LogP contribution is 2.11. The monoisotopic (exact) mass is 297 g/mol. The fourth-order valence-electron chi connectivity index (χ4n) is 2.54. The number of carbonyl (C=O) groups excluding carboxylic acids is 1. The molecule has 114 valence electrons. The molecule has 22 heavy (non-hydrogen) atoms. The second-order valence-electron chi connectivity index (χ2n) is 5.17. The fraction of sp³-hybridized carbons (Fsp3) is 0.312. The van der Waals surface area contributed by atoms with Crippen molar-refractivity contribution in [2.45, 2.75) is 26.9 Å². The Morgan fingerprint density at radius 3 is 2.95 bits per heavy atom. The molecule has 1 aromatic carbocycles. The van der Waals surface area contributed by atoms with Crippen molar-refractivity contribution < 1.29 is 4.79 Å². The van der Waals surface area contributed by atoms with Crippen molar-refractivity contribution in [3.8, 4) is 0 Å². The molecule has 0 aliphatic rings. The Hall–Kier alpha value is -2.63. The summed E-state index contributed by atoms with van der Waals surface area (Å²) in [5.41, 5.74) is 3.50. The minimum atomic E-state index is -0.0909. The summed E-state index contributed by atoms with van der Waals surface area (Å²) in [5, 5.41) is 7.23. The van der Waals surface area contributed by atoms with E-state index in [1.54, 1.807) is 11.0 Å². The number of nitrogens with one attached hydrogen (secondary N) is 1. The molecule has 0 saturated heterocycles. The van der Waals surface area contributed by atoms with Crippen LogP contribution in [0, 0.1) is 6.92 Å². The molecule has 0 aliphatic carbocycles. The molecule has 0 unspecified atom stereocenters. The average molecular weight is 297 g/mol. The molecule has 6 heteroatoms. The summed E-state index contributed by atoms with van der Waals surface area (Å²) in [5.74, 6) is -0.0909. The highest BCUT2D eigenvalue weighted by Gasteiger charge is 2.12. The van der Waals surface area contributed by atoms with E-state index in [-0.39, 0.29) is 5.91 Å². The molecule has 0 saturated carbocycles. The Labute approximate surface area is 128 Å². The largest absolute Gasteiger partial charge is 0.349 e. The van der Waals surface area contributed by atoms with Crippen molar-refractivity contribution in [1.29, 1.82) is 0 Å². The quantitative estimate of drug-likeness (QED) is 0.783. The first-order valence-electron chi connectivity index (χ1n) is 7.41. The number of carbonyl (C=O) groups is 1. The van der Waals surface area contributed by atoms with Gasteiger partial charge >= 0.3 is 0 Å². The number of hydrogen-bond acceptors (Lipinski definition) is 3. The third-order valence-corrected chi connectivity index (χ3v) is 3.60. The zero-order chi connectivity index (χ0) is 15.5. The lowest BCUT2D eigenvalue weighted by Gasteiger charge is -2.08. The standard InChI is InChI=1S/C16H19N5O/c1-3-21-15(10-12(2)19-21)16(22)17-8-9-20-11-18-13-6-4-5-7-14(13)20/h4-7,10-11H,3,8-9H2,1-2H3,(H,17,22). The number of nitrogens with zero attached hydrogens (tertiary/aromatic N) is 4. The van der Waals surface area contributed by atoms with Gasteiger partial charge in [-0.05, 0) is 32.0 Å². The van der Waals surface area contributed by atoms with Gasteiger partial charge in [-0.3, -0.25) is 9.48 Å². The minimum Gasteiger partial charge on any atom is -0.349 e. The Kier molecular flexibility index (Phi) is 3.91. The Morgan fingerprint density at radius 2 is 2.14 bits per heavy atom. The van der Waals surface area contributed by atoms with Crippen molar-refractivity contribution in [1.82, 2.24) is 24.6 Å². The first-order valence-corrected chi connectivity index (χ1v) is 7.41. The number of imidazole rings is 1. The zero-order valence-electron chi connectivity index (χ0n) is 12.8. The van der Waals surface area contributed by atoms with Gasteiger partial charge in [0.05, 0.1) is 23.1 Å². The van der Waals surface area contributed by atoms with Crippen LogP contribution in [0.2, 0.25) is 0 Å². The predicted octanol–water partition coefficient (Wildman–Crippen LogP) is 1.99. The normalized spacial score (nSPS) is 11.0. The van der Waals surface area contributed by atoms with Gasteiger partial charge in [0.1, 0.15) is 5.69 Å². The van der Waals surface area contributed by atoms with E-state index in [0.717, 1.165) is 16.7 Å². The second kappa shape index (κ2) is 6.01. The minimum absolute atomic E-state index is 0.0909. The number of para-hydroxylation sites is 2. The second-order valence-corrected chi connectivity index (χ2v) is 5.17. The van der Waals surface area contributed by atoms with Crippen LogP contribution < -0.4 is 5.32 Å². The maximum absolute atomic E-state index is 12.2. The lowest BCUT2D eigenvalue weighted by molar-refractivity contribution is 0.0941. The Balaban J connectivity index is 1.64. The van der Waals surface area contributed by atoms with E-state index in [2.05, 4.69) is 15.4 Å². The molecule has 6 nitrogen and oxygen atoms in total. The van der Waals surface area contributed by atoms with E-state index in [1.165, 1.54) is 0 Å². The number of amides is 1. The molecule has 2 aromatic heterocycles. The number of aryl methyl sites for hydroxylation is 2. The van der Waals surface area contributed by atoms with Gasteiger partial charge in [0.15, 0.2) is 0 Å². The summed E-state index contributed by atoms with van der Waals surface area (Å²) in [4.78, 5) is 16.6. The number of fused-ring (bicyclic) bond motifs is 1. The summed E-state index contributed by atoms with van der Waals surface area (Å²) < 4.78 is 3.76. The van der Waals surface area contributed by atoms with Crippen LogP contribution in [0.3, 0.4) is 0 Å². The maximum Gasteiger partial charge on any atom is 0.269 e. The van der Waals surface area contributed by atoms with E-state index in [9.17, 15) is 4.79 Å². The van der Waals surface area contributed by atoms with Crippen LogP contribution in [0.15, 0.2) is 36.7 Å². The SMILES string of the molecule is CCn1nc(C)cc1C(=O)NCCn1cnc2ccccc21. The molecule has 0 atom stereocenters. The summed E-state index contributed by atoms with van der Waals surface area (Å²) >= 11 is 0. The number of hydrogen-bond donors (Lipinski definition) is 1. The number of rotatable bonds is 5. The Morgan fingerprint density at radius 1 is 1.32 bits per heavy atom. The van der Waals surface area contributed by atoms with Crippen LogP contribution in [0.4, 0.5) is 0 Å². The molecule has 1 amide bonds. The molecule has 0 fully saturated rings. The van der Waals surface area contributed by atoms with Gasteiger partial charge in [-0.1, -0.05) is 12.1 Å². The smallest absolute Gasteiger partial charge is 0.269 e. The van der Waals surface area contributed by atoms with E-state index < -0.39 is 0 Å². The van der Waals surface area contributed by atoms with Gasteiger partial charge in [0.25, 0.3) is 5.91 Å². The molecule has 2 heterocycles. The summed E-state index contributed by atoms with van der Waals surface area (Å²) in [6.07, 6.45) is 1.80. The van der Waals surface area contributed by atoms with Gasteiger partial charge in [0, 0.05) is 19.6 Å². The lowest BCUT2D eigenvalue weighted by atomic mass is 10.3. The molecule has 0 radical (unpaired) electrons. The molecule has 3 rings (SSSR count). The summed E-state index contributed by atoms with van der Waals surface area (Å²) in [6.45, 7) is 5.78. The third kappa shape index (κ3) is 2.72. The van der Waals surface area contributed by atoms with Crippen molar-refractivity contribution in [3.05, 3.63) is 48.0 Å². The topological polar surface area (TPSA) is 64.7 Å². The van der Waals surface area contributed by atoms with Gasteiger partial charge in [-0.2, -0.15) is 5.10 Å². The third-order valence-electron chi connectivity index (χ3n) is 3.60. The van der Waals surface area contributed by atoms with Gasteiger partial charge in [-0.15, -0.1) is 0 Å². The molecular weight excluding hydrogens is 278 g/mol. The van der Waals surface area contributed by atoms with Crippen molar-refractivity contribution >= 4 is 16.9 Å². The van der Waals surface area contributed by atoms with Crippen LogP contribution in [0.25, 0.3) is 11.0 Å². The average Bonchev–Trinajstić information content (AvgIpc) is 3.11. The van der Waals surface area contributed by atoms with E-state index >= 15 is 0 Å². The van der Waals surface area contributed by atoms with Crippen LogP contribution in [-0.4, -0.2) is 31.8 Å². The zero-order valence-corrected chi connectivity index (χ0v) is 12.8. The number of benzene rings is 1. The summed E-state index contributed by atoms with van der Waals surface area (Å²) in [6, 6.07) is 9.77. The highest BCUT2D eigenvalue weighted by molar-refractivity contribution is 5.92. The molecular formula is C16H19N5O. The fourth-order valence-corrected chi connectivity index (χ4v) is 2.54. The van der Waals surface area contributed by atoms with Gasteiger partial charge in [0.2, 0.25) is 0 Å². The molecule has 0 bridgehead atoms. The van der Waals surface area contributed by atoms with E-state index in [4.69, 9.17) is 0 Å². The lowest BCUT2D eigenvalue weighted by Crippen LogP contribution is -2.29. The van der Waals surface area contributed by atoms with Crippen LogP contribution in [0.1, 0.15) is 23.1 Å². The molecule has 0 spiro atoms. The van der Waals surface area contributed by atoms with E-state index in [0.29, 0.717) is 25.3 Å². The first kappa shape index (κ1) is 14.3. The van der Waals surface area contributed by atoms with Crippen LogP contribution in [0.5, 0.6) is 0 Å². The maximum atomic E-state index is 12.2.